The molecule has 1 heterocycles. The highest BCUT2D eigenvalue weighted by molar-refractivity contribution is 7.92. The third kappa shape index (κ3) is 2.41. The Kier molecular flexibility index (Phi) is 2.82. The monoisotopic (exact) mass is 256 g/mol. The Morgan fingerprint density at radius 2 is 2.12 bits per heavy atom. The number of rotatable bonds is 3. The van der Waals surface area contributed by atoms with Crippen molar-refractivity contribution in [3.63, 3.8) is 0 Å². The predicted octanol–water partition coefficient (Wildman–Crippen LogP) is 2.57. The lowest BCUT2D eigenvalue weighted by Gasteiger charge is -2.04. The van der Waals surface area contributed by atoms with Crippen LogP contribution < -0.4 is 4.72 Å². The summed E-state index contributed by atoms with van der Waals surface area (Å²) in [6.45, 7) is 4.09. The Balaban J connectivity index is 0.00000162. The molecule has 0 fully saturated rings. The number of para-hydroxylation sites is 1. The zero-order valence-corrected chi connectivity index (χ0v) is 10.7. The molecule has 0 aliphatic heterocycles. The molecule has 0 aliphatic rings. The molecule has 0 spiro atoms. The van der Waals surface area contributed by atoms with Crippen molar-refractivity contribution in [2.75, 3.05) is 11.0 Å². The third-order valence-electron chi connectivity index (χ3n) is 2.43. The summed E-state index contributed by atoms with van der Waals surface area (Å²) in [5.74, 6) is 0.530. The van der Waals surface area contributed by atoms with Gasteiger partial charge >= 0.3 is 0 Å². The first-order chi connectivity index (χ1) is 7.88. The van der Waals surface area contributed by atoms with Gasteiger partial charge in [0.25, 0.3) is 0 Å². The Labute approximate surface area is 101 Å². The predicted molar refractivity (Wildman–Crippen MR) is 68.7 cm³/mol. The van der Waals surface area contributed by atoms with Gasteiger partial charge in [0.15, 0.2) is 11.4 Å². The molecule has 6 heteroatoms. The number of nitrogens with one attached hydrogen (secondary N) is 1. The van der Waals surface area contributed by atoms with Crippen molar-refractivity contribution >= 4 is 26.8 Å². The molecule has 2 rings (SSSR count). The fraction of sp³-hybridized carbons (Fsp3) is 0.364. The van der Waals surface area contributed by atoms with Crippen molar-refractivity contribution in [3.05, 3.63) is 23.8 Å². The summed E-state index contributed by atoms with van der Waals surface area (Å²) < 4.78 is 29.9. The van der Waals surface area contributed by atoms with Crippen LogP contribution in [0.25, 0.3) is 11.0 Å². The van der Waals surface area contributed by atoms with Crippen LogP contribution in [0.3, 0.4) is 0 Å². The molecule has 0 bridgehead atoms. The Hall–Kier alpha value is -1.56. The van der Waals surface area contributed by atoms with Gasteiger partial charge in [0.1, 0.15) is 0 Å². The van der Waals surface area contributed by atoms with Gasteiger partial charge in [0.05, 0.1) is 11.6 Å². The van der Waals surface area contributed by atoms with Gasteiger partial charge in [-0.05, 0) is 12.0 Å². The summed E-state index contributed by atoms with van der Waals surface area (Å²) in [5, 5.41) is 4.44. The molecule has 0 aliphatic carbocycles. The summed E-state index contributed by atoms with van der Waals surface area (Å²) in [7, 11) is -3.34. The van der Waals surface area contributed by atoms with Crippen molar-refractivity contribution < 1.29 is 14.4 Å². The minimum atomic E-state index is -3.34. The zero-order valence-electron chi connectivity index (χ0n) is 9.89. The molecular formula is C11H16N2O3S. The number of sulfonamides is 1. The van der Waals surface area contributed by atoms with Crippen LogP contribution in [0.1, 0.15) is 26.8 Å². The number of aromatic nitrogens is 1. The van der Waals surface area contributed by atoms with Crippen molar-refractivity contribution in [1.29, 1.82) is 0 Å². The number of fused-ring (bicyclic) bond motifs is 1. The summed E-state index contributed by atoms with van der Waals surface area (Å²) >= 11 is 0. The molecule has 5 nitrogen and oxygen atoms in total. The van der Waals surface area contributed by atoms with E-state index in [1.54, 1.807) is 6.07 Å². The van der Waals surface area contributed by atoms with Gasteiger partial charge in [0.2, 0.25) is 10.0 Å². The van der Waals surface area contributed by atoms with E-state index in [4.69, 9.17) is 4.52 Å². The highest BCUT2D eigenvalue weighted by Crippen LogP contribution is 2.30. The average molecular weight is 256 g/mol. The Bertz CT molecular complexity index is 649. The van der Waals surface area contributed by atoms with Gasteiger partial charge in [-0.15, -0.1) is 0 Å². The van der Waals surface area contributed by atoms with Crippen LogP contribution >= 0.6 is 0 Å². The zero-order chi connectivity index (χ0) is 12.6. The highest BCUT2D eigenvalue weighted by Gasteiger charge is 2.15. The van der Waals surface area contributed by atoms with Crippen molar-refractivity contribution in [2.24, 2.45) is 0 Å². The van der Waals surface area contributed by atoms with Crippen LogP contribution in [0, 0.1) is 0 Å². The number of nitrogens with zero attached hydrogens (tertiary/aromatic N) is 1. The van der Waals surface area contributed by atoms with Gasteiger partial charge < -0.3 is 4.52 Å². The van der Waals surface area contributed by atoms with E-state index >= 15 is 0 Å². The second-order valence-electron chi connectivity index (χ2n) is 4.28. The van der Waals surface area contributed by atoms with Crippen molar-refractivity contribution in [1.82, 2.24) is 5.16 Å². The highest BCUT2D eigenvalue weighted by atomic mass is 32.2. The van der Waals surface area contributed by atoms with Crippen LogP contribution in [-0.2, 0) is 10.0 Å². The van der Waals surface area contributed by atoms with Crippen LogP contribution in [0.2, 0.25) is 0 Å². The second kappa shape index (κ2) is 4.03. The SMILES string of the molecule is CC(C)c1cccc2c(NS(C)(=O)=O)noc12.[HH]. The minimum absolute atomic E-state index is 0. The molecule has 1 aromatic carbocycles. The maximum Gasteiger partial charge on any atom is 0.231 e. The minimum Gasteiger partial charge on any atom is -0.354 e. The number of anilines is 1. The fourth-order valence-electron chi connectivity index (χ4n) is 1.69. The van der Waals surface area contributed by atoms with Gasteiger partial charge in [0, 0.05) is 6.99 Å². The van der Waals surface area contributed by atoms with Gasteiger partial charge in [-0.1, -0.05) is 31.1 Å². The number of hydrogen-bond donors (Lipinski definition) is 1. The lowest BCUT2D eigenvalue weighted by Crippen LogP contribution is -2.09. The molecule has 1 aromatic heterocycles. The Morgan fingerprint density at radius 1 is 1.41 bits per heavy atom. The van der Waals surface area contributed by atoms with Crippen LogP contribution in [0.4, 0.5) is 5.82 Å². The normalized spacial score (nSPS) is 12.2. The van der Waals surface area contributed by atoms with Crippen LogP contribution in [0.5, 0.6) is 0 Å². The lowest BCUT2D eigenvalue weighted by atomic mass is 10.0. The first kappa shape index (κ1) is 11.9. The number of benzene rings is 1. The molecule has 0 atom stereocenters. The van der Waals surface area contributed by atoms with E-state index in [0.717, 1.165) is 11.8 Å². The standard InChI is InChI=1S/C11H14N2O3S.H2/c1-7(2)8-5-4-6-9-10(8)16-12-11(9)13-17(3,14)15;/h4-7H,1-3H3,(H,12,13);1H. The quantitative estimate of drug-likeness (QED) is 0.916. The molecule has 0 radical (unpaired) electrons. The maximum atomic E-state index is 11.2. The van der Waals surface area contributed by atoms with Crippen molar-refractivity contribution in [2.45, 2.75) is 19.8 Å². The van der Waals surface area contributed by atoms with E-state index in [2.05, 4.69) is 9.88 Å². The molecule has 2 aromatic rings. The molecule has 1 N–H and O–H groups in total. The van der Waals surface area contributed by atoms with Gasteiger partial charge in [-0.3, -0.25) is 4.72 Å². The fourth-order valence-corrected chi connectivity index (χ4v) is 2.19. The second-order valence-corrected chi connectivity index (χ2v) is 6.03. The van der Waals surface area contributed by atoms with E-state index in [1.165, 1.54) is 0 Å². The average Bonchev–Trinajstić information content (AvgIpc) is 2.59. The first-order valence-corrected chi connectivity index (χ1v) is 7.13. The summed E-state index contributed by atoms with van der Waals surface area (Å²) in [5.41, 5.74) is 1.64. The lowest BCUT2D eigenvalue weighted by molar-refractivity contribution is 0.456. The van der Waals surface area contributed by atoms with E-state index in [1.807, 2.05) is 26.0 Å². The number of hydrogen-bond acceptors (Lipinski definition) is 4. The molecule has 0 amide bonds. The summed E-state index contributed by atoms with van der Waals surface area (Å²) in [6.07, 6.45) is 1.08. The largest absolute Gasteiger partial charge is 0.354 e. The molecule has 0 unspecified atom stereocenters. The molecule has 0 saturated carbocycles. The summed E-state index contributed by atoms with van der Waals surface area (Å²) in [6, 6.07) is 5.59. The van der Waals surface area contributed by atoms with E-state index < -0.39 is 10.0 Å². The Morgan fingerprint density at radius 3 is 2.71 bits per heavy atom. The van der Waals surface area contributed by atoms with E-state index in [9.17, 15) is 8.42 Å². The maximum absolute atomic E-state index is 11.2. The third-order valence-corrected chi connectivity index (χ3v) is 3.00. The van der Waals surface area contributed by atoms with E-state index in [0.29, 0.717) is 11.0 Å². The van der Waals surface area contributed by atoms with Crippen LogP contribution in [0.15, 0.2) is 22.7 Å². The summed E-state index contributed by atoms with van der Waals surface area (Å²) in [4.78, 5) is 0. The molecule has 0 saturated heterocycles. The van der Waals surface area contributed by atoms with Gasteiger partial charge in [-0.25, -0.2) is 8.42 Å². The molecular weight excluding hydrogens is 240 g/mol. The van der Waals surface area contributed by atoms with Crippen LogP contribution in [-0.4, -0.2) is 19.8 Å². The smallest absolute Gasteiger partial charge is 0.231 e. The topological polar surface area (TPSA) is 72.2 Å². The molecule has 17 heavy (non-hydrogen) atoms. The van der Waals surface area contributed by atoms with Gasteiger partial charge in [-0.2, -0.15) is 0 Å². The van der Waals surface area contributed by atoms with E-state index in [-0.39, 0.29) is 13.2 Å². The first-order valence-electron chi connectivity index (χ1n) is 5.24. The van der Waals surface area contributed by atoms with Crippen molar-refractivity contribution in [3.8, 4) is 0 Å². The molecule has 94 valence electrons.